The average Bonchev–Trinajstić information content (AvgIpc) is 3.47. The van der Waals surface area contributed by atoms with E-state index in [1.165, 1.54) is 12.1 Å². The zero-order valence-corrected chi connectivity index (χ0v) is 23.6. The normalized spacial score (nSPS) is 22.0. The fraction of sp³-hybridized carbons (Fsp3) is 0.345. The summed E-state index contributed by atoms with van der Waals surface area (Å²) in [7, 11) is 0. The number of esters is 1. The van der Waals surface area contributed by atoms with Gasteiger partial charge in [-0.3, -0.25) is 9.59 Å². The van der Waals surface area contributed by atoms with Gasteiger partial charge in [0.2, 0.25) is 5.95 Å². The van der Waals surface area contributed by atoms with Gasteiger partial charge in [0, 0.05) is 16.6 Å². The van der Waals surface area contributed by atoms with Crippen LogP contribution in [0.2, 0.25) is 0 Å². The molecule has 2 aliphatic rings. The number of H-pyrrole nitrogens is 1. The molecule has 13 heteroatoms. The molecule has 0 atom stereocenters. The number of nitrogens with zero attached hydrogens (tertiary/aromatic N) is 3. The maximum absolute atomic E-state index is 13.8. The van der Waals surface area contributed by atoms with Crippen LogP contribution in [0.5, 0.6) is 0 Å². The van der Waals surface area contributed by atoms with Gasteiger partial charge in [-0.25, -0.2) is 19.3 Å². The molecule has 1 aliphatic heterocycles. The SMILES string of the molecule is CC1(C(=O)OCC2CC2)COC(C(N)=O)(c2nc(-c3ccc(F)cc3)c(-c3ccnc(NCc4cccs4)n3)[nH]2)OC1. The van der Waals surface area contributed by atoms with Gasteiger partial charge in [-0.1, -0.05) is 6.07 Å². The third-order valence-electron chi connectivity index (χ3n) is 7.20. The second-order valence-electron chi connectivity index (χ2n) is 10.7. The third kappa shape index (κ3) is 5.62. The molecule has 2 fully saturated rings. The number of benzene rings is 1. The largest absolute Gasteiger partial charge is 0.465 e. The number of hydrogen-bond donors (Lipinski definition) is 3. The molecule has 218 valence electrons. The number of primary amides is 1. The first-order valence-corrected chi connectivity index (χ1v) is 14.3. The van der Waals surface area contributed by atoms with Gasteiger partial charge in [0.05, 0.1) is 43.4 Å². The van der Waals surface area contributed by atoms with Crippen molar-refractivity contribution in [2.75, 3.05) is 25.1 Å². The second kappa shape index (κ2) is 11.2. The average molecular weight is 593 g/mol. The molecule has 1 saturated heterocycles. The molecule has 1 aliphatic carbocycles. The van der Waals surface area contributed by atoms with Crippen molar-refractivity contribution in [3.05, 3.63) is 70.6 Å². The van der Waals surface area contributed by atoms with Crippen molar-refractivity contribution in [3.63, 3.8) is 0 Å². The lowest BCUT2D eigenvalue weighted by Gasteiger charge is -2.40. The molecule has 1 saturated carbocycles. The van der Waals surface area contributed by atoms with Crippen molar-refractivity contribution >= 4 is 29.2 Å². The van der Waals surface area contributed by atoms with Gasteiger partial charge in [-0.05, 0) is 67.5 Å². The van der Waals surface area contributed by atoms with Gasteiger partial charge < -0.3 is 30.2 Å². The lowest BCUT2D eigenvalue weighted by Crippen LogP contribution is -2.56. The van der Waals surface area contributed by atoms with E-state index < -0.39 is 28.9 Å². The number of carbonyl (C=O) groups is 2. The molecule has 0 radical (unpaired) electrons. The highest BCUT2D eigenvalue weighted by Gasteiger charge is 2.54. The first kappa shape index (κ1) is 27.9. The number of ether oxygens (including phenoxy) is 3. The Balaban J connectivity index is 1.33. The molecule has 4 aromatic rings. The Kier molecular flexibility index (Phi) is 7.47. The summed E-state index contributed by atoms with van der Waals surface area (Å²) in [5, 5.41) is 5.18. The monoisotopic (exact) mass is 592 g/mol. The molecule has 4 N–H and O–H groups in total. The molecule has 1 amide bonds. The quantitative estimate of drug-likeness (QED) is 0.232. The molecule has 0 spiro atoms. The van der Waals surface area contributed by atoms with Crippen LogP contribution in [-0.4, -0.2) is 51.6 Å². The second-order valence-corrected chi connectivity index (χ2v) is 11.7. The Morgan fingerprint density at radius 2 is 1.93 bits per heavy atom. The van der Waals surface area contributed by atoms with E-state index in [9.17, 15) is 14.0 Å². The first-order valence-electron chi connectivity index (χ1n) is 13.5. The summed E-state index contributed by atoms with van der Waals surface area (Å²) in [5.74, 6) is -3.23. The van der Waals surface area contributed by atoms with Crippen LogP contribution in [0, 0.1) is 17.2 Å². The number of aromatic amines is 1. The van der Waals surface area contributed by atoms with Crippen molar-refractivity contribution in [2.24, 2.45) is 17.1 Å². The van der Waals surface area contributed by atoms with Crippen LogP contribution in [0.3, 0.4) is 0 Å². The van der Waals surface area contributed by atoms with Crippen LogP contribution in [0.1, 0.15) is 30.5 Å². The van der Waals surface area contributed by atoms with Crippen molar-refractivity contribution < 1.29 is 28.2 Å². The molecular weight excluding hydrogens is 563 g/mol. The van der Waals surface area contributed by atoms with Crippen LogP contribution in [0.4, 0.5) is 10.3 Å². The molecule has 4 heterocycles. The van der Waals surface area contributed by atoms with Gasteiger partial charge in [0.1, 0.15) is 11.2 Å². The number of thiophene rings is 1. The number of anilines is 1. The Bertz CT molecular complexity index is 1580. The van der Waals surface area contributed by atoms with Crippen LogP contribution in [0.25, 0.3) is 22.6 Å². The summed E-state index contributed by atoms with van der Waals surface area (Å²) in [4.78, 5) is 43.5. The highest BCUT2D eigenvalue weighted by atomic mass is 32.1. The van der Waals surface area contributed by atoms with Crippen molar-refractivity contribution in [1.82, 2.24) is 19.9 Å². The Morgan fingerprint density at radius 3 is 2.60 bits per heavy atom. The lowest BCUT2D eigenvalue weighted by atomic mass is 9.91. The maximum Gasteiger partial charge on any atom is 0.316 e. The van der Waals surface area contributed by atoms with Gasteiger partial charge in [-0.2, -0.15) is 0 Å². The molecule has 1 aromatic carbocycles. The molecule has 42 heavy (non-hydrogen) atoms. The summed E-state index contributed by atoms with van der Waals surface area (Å²) in [6, 6.07) is 11.4. The fourth-order valence-corrected chi connectivity index (χ4v) is 5.11. The van der Waals surface area contributed by atoms with Crippen molar-refractivity contribution in [3.8, 4) is 22.6 Å². The summed E-state index contributed by atoms with van der Waals surface area (Å²) in [5.41, 5.74) is 6.44. The number of hydrogen-bond acceptors (Lipinski definition) is 10. The highest BCUT2D eigenvalue weighted by Crippen LogP contribution is 2.40. The number of halogens is 1. The number of rotatable bonds is 10. The van der Waals surface area contributed by atoms with Gasteiger partial charge in [-0.15, -0.1) is 11.3 Å². The standard InChI is InChI=1S/C29H29FN6O5S/c1-28(26(38)39-14-17-4-5-17)15-40-29(24(31)37,41-16-28)25-35-22(18-6-8-19(30)9-7-18)23(36-25)21-10-11-32-27(34-21)33-13-20-3-2-12-42-20/h2-3,6-12,17H,4-5,13-16H2,1H3,(H2,31,37)(H,35,36)(H,32,33,34). The van der Waals surface area contributed by atoms with Crippen LogP contribution in [0.15, 0.2) is 54.0 Å². The van der Waals surface area contributed by atoms with E-state index in [2.05, 4.69) is 25.3 Å². The maximum atomic E-state index is 13.8. The number of nitrogens with two attached hydrogens (primary N) is 1. The molecular formula is C29H29FN6O5S. The van der Waals surface area contributed by atoms with Gasteiger partial charge >= 0.3 is 11.8 Å². The number of aromatic nitrogens is 4. The molecule has 11 nitrogen and oxygen atoms in total. The zero-order valence-electron chi connectivity index (χ0n) is 22.8. The van der Waals surface area contributed by atoms with Gasteiger partial charge in [0.25, 0.3) is 5.91 Å². The third-order valence-corrected chi connectivity index (χ3v) is 8.07. The van der Waals surface area contributed by atoms with Crippen molar-refractivity contribution in [1.29, 1.82) is 0 Å². The topological polar surface area (TPSA) is 154 Å². The van der Waals surface area contributed by atoms with Gasteiger partial charge in [0.15, 0.2) is 5.82 Å². The van der Waals surface area contributed by atoms with E-state index in [1.807, 2.05) is 17.5 Å². The van der Waals surface area contributed by atoms with Crippen LogP contribution >= 0.6 is 11.3 Å². The summed E-state index contributed by atoms with van der Waals surface area (Å²) < 4.78 is 31.1. The van der Waals surface area contributed by atoms with Crippen molar-refractivity contribution in [2.45, 2.75) is 32.1 Å². The van der Waals surface area contributed by atoms with E-state index in [4.69, 9.17) is 19.9 Å². The summed E-state index contributed by atoms with van der Waals surface area (Å²) >= 11 is 1.61. The molecule has 0 unspecified atom stereocenters. The van der Waals surface area contributed by atoms with Crippen LogP contribution < -0.4 is 11.1 Å². The van der Waals surface area contributed by atoms with Crippen LogP contribution in [-0.2, 0) is 36.1 Å². The predicted molar refractivity (Wildman–Crippen MR) is 151 cm³/mol. The highest BCUT2D eigenvalue weighted by molar-refractivity contribution is 7.09. The van der Waals surface area contributed by atoms with E-state index >= 15 is 0 Å². The first-order chi connectivity index (χ1) is 20.3. The Hall–Kier alpha value is -4.20. The van der Waals surface area contributed by atoms with E-state index in [0.717, 1.165) is 17.7 Å². The predicted octanol–water partition coefficient (Wildman–Crippen LogP) is 3.99. The summed E-state index contributed by atoms with van der Waals surface area (Å²) in [6.07, 6.45) is 3.67. The Labute approximate surface area is 244 Å². The number of amides is 1. The Morgan fingerprint density at radius 1 is 1.17 bits per heavy atom. The minimum atomic E-state index is -2.11. The van der Waals surface area contributed by atoms with E-state index in [0.29, 0.717) is 47.7 Å². The number of nitrogens with one attached hydrogen (secondary N) is 2. The smallest absolute Gasteiger partial charge is 0.316 e. The number of imidazole rings is 1. The molecule has 0 bridgehead atoms. The summed E-state index contributed by atoms with van der Waals surface area (Å²) in [6.45, 7) is 2.16. The molecule has 6 rings (SSSR count). The minimum absolute atomic E-state index is 0.0376. The lowest BCUT2D eigenvalue weighted by molar-refractivity contribution is -0.293. The zero-order chi connectivity index (χ0) is 29.3. The fourth-order valence-electron chi connectivity index (χ4n) is 4.46. The number of carbonyl (C=O) groups excluding carboxylic acids is 2. The molecule has 3 aromatic heterocycles. The minimum Gasteiger partial charge on any atom is -0.465 e. The van der Waals surface area contributed by atoms with E-state index in [1.54, 1.807) is 42.7 Å². The van der Waals surface area contributed by atoms with E-state index in [-0.39, 0.29) is 19.0 Å².